The fourth-order valence-electron chi connectivity index (χ4n) is 2.71. The lowest BCUT2D eigenvalue weighted by Crippen LogP contribution is -2.10. The Kier molecular flexibility index (Phi) is 2.86. The first-order valence-electron chi connectivity index (χ1n) is 5.66. The van der Waals surface area contributed by atoms with Crippen LogP contribution in [0.25, 0.3) is 0 Å². The van der Waals surface area contributed by atoms with Crippen LogP contribution in [0.4, 0.5) is 0 Å². The fourth-order valence-corrected chi connectivity index (χ4v) is 2.71. The van der Waals surface area contributed by atoms with E-state index in [2.05, 4.69) is 6.08 Å². The smallest absolute Gasteiger partial charge is 0.0203 e. The van der Waals surface area contributed by atoms with Crippen molar-refractivity contribution in [2.75, 3.05) is 0 Å². The van der Waals surface area contributed by atoms with Gasteiger partial charge in [0.15, 0.2) is 0 Å². The maximum Gasteiger partial charge on any atom is -0.0203 e. The van der Waals surface area contributed by atoms with E-state index in [0.717, 1.165) is 5.92 Å². The number of rotatable bonds is 0. The molecule has 1 fully saturated rings. The van der Waals surface area contributed by atoms with Crippen molar-refractivity contribution in [2.45, 2.75) is 57.8 Å². The Labute approximate surface area is 76.1 Å². The molecule has 0 spiro atoms. The molecule has 0 nitrogen and oxygen atoms in total. The highest BCUT2D eigenvalue weighted by molar-refractivity contribution is 5.10. The monoisotopic (exact) mass is 164 g/mol. The first kappa shape index (κ1) is 8.34. The zero-order chi connectivity index (χ0) is 8.23. The number of hydrogen-bond donors (Lipinski definition) is 0. The summed E-state index contributed by atoms with van der Waals surface area (Å²) in [5.74, 6) is 0.999. The lowest BCUT2D eigenvalue weighted by atomic mass is 9.80. The Morgan fingerprint density at radius 2 is 1.75 bits per heavy atom. The van der Waals surface area contributed by atoms with Gasteiger partial charge in [-0.25, -0.2) is 0 Å². The molecule has 0 amide bonds. The molecule has 0 aromatic heterocycles. The van der Waals surface area contributed by atoms with E-state index in [1.165, 1.54) is 57.8 Å². The Balaban J connectivity index is 2.00. The Morgan fingerprint density at radius 3 is 2.75 bits per heavy atom. The van der Waals surface area contributed by atoms with Gasteiger partial charge in [-0.1, -0.05) is 30.9 Å². The van der Waals surface area contributed by atoms with Crippen LogP contribution in [0.3, 0.4) is 0 Å². The van der Waals surface area contributed by atoms with Crippen molar-refractivity contribution in [1.82, 2.24) is 0 Å². The summed E-state index contributed by atoms with van der Waals surface area (Å²) < 4.78 is 0. The zero-order valence-corrected chi connectivity index (χ0v) is 8.02. The van der Waals surface area contributed by atoms with Crippen LogP contribution >= 0.6 is 0 Å². The minimum Gasteiger partial charge on any atom is -0.0851 e. The van der Waals surface area contributed by atoms with Crippen molar-refractivity contribution in [3.8, 4) is 0 Å². The molecule has 0 saturated heterocycles. The molecule has 2 aliphatic carbocycles. The molecule has 12 heavy (non-hydrogen) atoms. The third-order valence-electron chi connectivity index (χ3n) is 3.46. The van der Waals surface area contributed by atoms with Crippen LogP contribution in [0.2, 0.25) is 0 Å². The molecule has 0 aromatic rings. The van der Waals surface area contributed by atoms with Crippen molar-refractivity contribution in [1.29, 1.82) is 0 Å². The molecule has 0 heteroatoms. The normalized spacial score (nSPS) is 31.3. The highest BCUT2D eigenvalue weighted by Gasteiger charge is 2.18. The molecule has 0 aliphatic heterocycles. The van der Waals surface area contributed by atoms with Crippen molar-refractivity contribution in [3.63, 3.8) is 0 Å². The average molecular weight is 164 g/mol. The van der Waals surface area contributed by atoms with E-state index < -0.39 is 0 Å². The van der Waals surface area contributed by atoms with Crippen molar-refractivity contribution in [2.24, 2.45) is 5.92 Å². The Bertz CT molecular complexity index is 167. The Morgan fingerprint density at radius 1 is 0.917 bits per heavy atom. The summed E-state index contributed by atoms with van der Waals surface area (Å²) in [6.07, 6.45) is 15.7. The summed E-state index contributed by atoms with van der Waals surface area (Å²) in [7, 11) is 0. The van der Waals surface area contributed by atoms with Crippen LogP contribution in [0, 0.1) is 5.92 Å². The summed E-state index contributed by atoms with van der Waals surface area (Å²) in [5, 5.41) is 0. The largest absolute Gasteiger partial charge is 0.0851 e. The summed E-state index contributed by atoms with van der Waals surface area (Å²) >= 11 is 0. The molecular formula is C12H20. The molecule has 2 rings (SSSR count). The van der Waals surface area contributed by atoms with Gasteiger partial charge in [0.1, 0.15) is 0 Å². The van der Waals surface area contributed by atoms with Gasteiger partial charge in [-0.15, -0.1) is 0 Å². The van der Waals surface area contributed by atoms with E-state index >= 15 is 0 Å². The molecule has 2 aliphatic rings. The van der Waals surface area contributed by atoms with Gasteiger partial charge >= 0.3 is 0 Å². The molecule has 68 valence electrons. The summed E-state index contributed by atoms with van der Waals surface area (Å²) in [4.78, 5) is 0. The Hall–Kier alpha value is -0.260. The number of fused-ring (bicyclic) bond motifs is 1. The molecule has 1 unspecified atom stereocenters. The van der Waals surface area contributed by atoms with Gasteiger partial charge in [0.2, 0.25) is 0 Å². The van der Waals surface area contributed by atoms with Crippen LogP contribution in [-0.2, 0) is 0 Å². The van der Waals surface area contributed by atoms with Crippen molar-refractivity contribution in [3.05, 3.63) is 11.6 Å². The van der Waals surface area contributed by atoms with E-state index in [0.29, 0.717) is 0 Å². The maximum atomic E-state index is 2.54. The first-order valence-corrected chi connectivity index (χ1v) is 5.66. The molecule has 0 radical (unpaired) electrons. The van der Waals surface area contributed by atoms with Gasteiger partial charge in [-0.2, -0.15) is 0 Å². The van der Waals surface area contributed by atoms with Gasteiger partial charge in [-0.05, 0) is 44.4 Å². The zero-order valence-electron chi connectivity index (χ0n) is 8.02. The van der Waals surface area contributed by atoms with Crippen LogP contribution in [0.1, 0.15) is 57.8 Å². The fraction of sp³-hybridized carbons (Fsp3) is 0.833. The highest BCUT2D eigenvalue weighted by Crippen LogP contribution is 2.34. The molecular weight excluding hydrogens is 144 g/mol. The lowest BCUT2D eigenvalue weighted by molar-refractivity contribution is 0.413. The lowest BCUT2D eigenvalue weighted by Gasteiger charge is -2.26. The molecule has 0 aromatic carbocycles. The van der Waals surface area contributed by atoms with Gasteiger partial charge in [-0.3, -0.25) is 0 Å². The average Bonchev–Trinajstić information content (AvgIpc) is 2.06. The van der Waals surface area contributed by atoms with E-state index in [4.69, 9.17) is 0 Å². The topological polar surface area (TPSA) is 0 Å². The quantitative estimate of drug-likeness (QED) is 0.473. The maximum absolute atomic E-state index is 2.54. The summed E-state index contributed by atoms with van der Waals surface area (Å²) in [5.41, 5.74) is 1.82. The summed E-state index contributed by atoms with van der Waals surface area (Å²) in [6.45, 7) is 0. The van der Waals surface area contributed by atoms with Crippen LogP contribution < -0.4 is 0 Å². The predicted octanol–water partition coefficient (Wildman–Crippen LogP) is 4.07. The van der Waals surface area contributed by atoms with E-state index in [9.17, 15) is 0 Å². The van der Waals surface area contributed by atoms with Crippen LogP contribution in [0.15, 0.2) is 11.6 Å². The first-order chi connectivity index (χ1) is 5.97. The summed E-state index contributed by atoms with van der Waals surface area (Å²) in [6, 6.07) is 0. The molecule has 1 atom stereocenters. The standard InChI is InChI=1S/C12H20/c1-2-4-8-12-10-6-5-9-11(12)7-3-1/h9,12H,1-8,10H2. The SMILES string of the molecule is C1=C2CCCCCCC2CCC1. The number of hydrogen-bond acceptors (Lipinski definition) is 0. The third kappa shape index (κ3) is 1.91. The van der Waals surface area contributed by atoms with Crippen molar-refractivity contribution >= 4 is 0 Å². The van der Waals surface area contributed by atoms with Crippen LogP contribution in [0.5, 0.6) is 0 Å². The van der Waals surface area contributed by atoms with Crippen LogP contribution in [-0.4, -0.2) is 0 Å². The van der Waals surface area contributed by atoms with E-state index in [-0.39, 0.29) is 0 Å². The highest BCUT2D eigenvalue weighted by atomic mass is 14.2. The second-order valence-corrected chi connectivity index (χ2v) is 4.36. The van der Waals surface area contributed by atoms with Gasteiger partial charge < -0.3 is 0 Å². The molecule has 0 heterocycles. The second-order valence-electron chi connectivity index (χ2n) is 4.36. The third-order valence-corrected chi connectivity index (χ3v) is 3.46. The molecule has 0 bridgehead atoms. The van der Waals surface area contributed by atoms with Gasteiger partial charge in [0.25, 0.3) is 0 Å². The molecule has 1 saturated carbocycles. The molecule has 0 N–H and O–H groups in total. The van der Waals surface area contributed by atoms with E-state index in [1.54, 1.807) is 0 Å². The van der Waals surface area contributed by atoms with Gasteiger partial charge in [0.05, 0.1) is 0 Å². The predicted molar refractivity (Wildman–Crippen MR) is 53.1 cm³/mol. The number of allylic oxidation sites excluding steroid dienone is 2. The minimum atomic E-state index is 0.999. The van der Waals surface area contributed by atoms with E-state index in [1.807, 2.05) is 5.57 Å². The van der Waals surface area contributed by atoms with Gasteiger partial charge in [0, 0.05) is 0 Å². The van der Waals surface area contributed by atoms with Crippen molar-refractivity contribution < 1.29 is 0 Å². The second kappa shape index (κ2) is 4.11. The minimum absolute atomic E-state index is 0.999.